The van der Waals surface area contributed by atoms with E-state index in [1.54, 1.807) is 0 Å². The van der Waals surface area contributed by atoms with Crippen LogP contribution in [0.25, 0.3) is 0 Å². The summed E-state index contributed by atoms with van der Waals surface area (Å²) >= 11 is 0. The predicted octanol–water partition coefficient (Wildman–Crippen LogP) is 26.7. The number of esters is 2. The first kappa shape index (κ1) is 97.0. The number of unbranched alkanes of at least 4 members (excludes halogenated alkanes) is 47. The highest BCUT2D eigenvalue weighted by atomic mass is 16.7. The van der Waals surface area contributed by atoms with Gasteiger partial charge in [0.15, 0.2) is 12.4 Å². The molecular weight excluding hydrogens is 1250 g/mol. The summed E-state index contributed by atoms with van der Waals surface area (Å²) in [5, 5.41) is 11.9. The van der Waals surface area contributed by atoms with Crippen LogP contribution in [0.5, 0.6) is 0 Å². The number of carbonyl (C=O) groups is 3. The normalized spacial score (nSPS) is 13.2. The third kappa shape index (κ3) is 83.1. The van der Waals surface area contributed by atoms with Gasteiger partial charge in [-0.2, -0.15) is 0 Å². The number of carboxylic acid groups (broad SMARTS) is 1. The lowest BCUT2D eigenvalue weighted by Gasteiger charge is -2.26. The molecule has 2 unspecified atom stereocenters. The first-order valence-corrected chi connectivity index (χ1v) is 43.0. The molecule has 0 rings (SSSR count). The first-order chi connectivity index (χ1) is 49.6. The van der Waals surface area contributed by atoms with E-state index in [-0.39, 0.29) is 32.2 Å². The van der Waals surface area contributed by atoms with E-state index >= 15 is 0 Å². The van der Waals surface area contributed by atoms with Gasteiger partial charge in [0.25, 0.3) is 0 Å². The molecule has 0 fully saturated rings. The third-order valence-electron chi connectivity index (χ3n) is 19.0. The van der Waals surface area contributed by atoms with Crippen molar-refractivity contribution in [2.75, 3.05) is 47.5 Å². The number of hydrogen-bond donors (Lipinski definition) is 0. The number of hydrogen-bond acceptors (Lipinski definition) is 8. The largest absolute Gasteiger partial charge is 0.545 e. The van der Waals surface area contributed by atoms with Crippen molar-refractivity contribution in [3.05, 3.63) is 109 Å². The van der Waals surface area contributed by atoms with Crippen LogP contribution in [-0.2, 0) is 33.3 Å². The van der Waals surface area contributed by atoms with Gasteiger partial charge in [0.1, 0.15) is 13.2 Å². The van der Waals surface area contributed by atoms with Gasteiger partial charge in [0, 0.05) is 12.8 Å². The molecule has 0 aromatic heterocycles. The van der Waals surface area contributed by atoms with E-state index in [0.29, 0.717) is 23.9 Å². The Kier molecular flexibility index (Phi) is 78.3. The van der Waals surface area contributed by atoms with Crippen LogP contribution in [0.1, 0.15) is 399 Å². The minimum absolute atomic E-state index is 0.146. The molecule has 0 aliphatic rings. The zero-order valence-electron chi connectivity index (χ0n) is 67.0. The topological polar surface area (TPSA) is 111 Å². The zero-order valence-corrected chi connectivity index (χ0v) is 67.0. The molecule has 0 radical (unpaired) electrons. The van der Waals surface area contributed by atoms with Crippen molar-refractivity contribution in [1.29, 1.82) is 0 Å². The smallest absolute Gasteiger partial charge is 0.306 e. The molecular formula is C92H163NO8. The van der Waals surface area contributed by atoms with Crippen molar-refractivity contribution in [3.8, 4) is 0 Å². The lowest BCUT2D eigenvalue weighted by atomic mass is 10.0. The van der Waals surface area contributed by atoms with Gasteiger partial charge in [-0.3, -0.25) is 9.59 Å². The maximum atomic E-state index is 13.0. The summed E-state index contributed by atoms with van der Waals surface area (Å²) in [4.78, 5) is 37.7. The number of likely N-dealkylation sites (N-methyl/N-ethyl adjacent to an activating group) is 1. The summed E-state index contributed by atoms with van der Waals surface area (Å²) in [6.07, 6.45) is 112. The molecule has 9 nitrogen and oxygen atoms in total. The summed E-state index contributed by atoms with van der Waals surface area (Å²) in [7, 11) is 5.95. The third-order valence-corrected chi connectivity index (χ3v) is 19.0. The Morgan fingerprint density at radius 3 is 0.851 bits per heavy atom. The van der Waals surface area contributed by atoms with Crippen molar-refractivity contribution in [3.63, 3.8) is 0 Å². The van der Waals surface area contributed by atoms with Gasteiger partial charge in [0.05, 0.1) is 40.3 Å². The molecule has 584 valence electrons. The van der Waals surface area contributed by atoms with Gasteiger partial charge < -0.3 is 33.3 Å². The predicted molar refractivity (Wildman–Crippen MR) is 435 cm³/mol. The molecule has 9 heteroatoms. The summed E-state index contributed by atoms with van der Waals surface area (Å²) in [5.41, 5.74) is 0. The molecule has 0 bridgehead atoms. The van der Waals surface area contributed by atoms with Gasteiger partial charge >= 0.3 is 11.9 Å². The van der Waals surface area contributed by atoms with Crippen LogP contribution in [0.2, 0.25) is 0 Å². The zero-order chi connectivity index (χ0) is 73.2. The molecule has 0 saturated carbocycles. The van der Waals surface area contributed by atoms with Gasteiger partial charge in [-0.25, -0.2) is 0 Å². The molecule has 101 heavy (non-hydrogen) atoms. The Balaban J connectivity index is 3.98. The van der Waals surface area contributed by atoms with Crippen LogP contribution in [-0.4, -0.2) is 82.3 Å². The monoisotopic (exact) mass is 1410 g/mol. The number of aliphatic carboxylic acids is 1. The van der Waals surface area contributed by atoms with E-state index in [1.807, 2.05) is 21.1 Å². The SMILES string of the molecule is CC/C=C\C/C=C\C/C=C\C/C=C\C/C=C\C/C=C\C/C=C\C/C=C\CCCCCCCCCCCCCCCCC(=O)OC(COC(=O)CCCCCCCCCCCCCCCCCCCCCCCCCCC/C=C\CCCCCCCCCC)COC(OCC[N+](C)(C)C)C(=O)[O-]. The molecule has 0 amide bonds. The number of ether oxygens (including phenoxy) is 4. The molecule has 0 saturated heterocycles. The molecule has 0 heterocycles. The Morgan fingerprint density at radius 2 is 0.564 bits per heavy atom. The summed E-state index contributed by atoms with van der Waals surface area (Å²) in [6, 6.07) is 0. The van der Waals surface area contributed by atoms with Crippen LogP contribution < -0.4 is 5.11 Å². The van der Waals surface area contributed by atoms with Gasteiger partial charge in [-0.05, 0) is 103 Å². The fourth-order valence-corrected chi connectivity index (χ4v) is 12.5. The van der Waals surface area contributed by atoms with E-state index in [1.165, 1.54) is 276 Å². The molecule has 2 atom stereocenters. The average molecular weight is 1410 g/mol. The van der Waals surface area contributed by atoms with Gasteiger partial charge in [0.2, 0.25) is 0 Å². The summed E-state index contributed by atoms with van der Waals surface area (Å²) in [5.74, 6) is -2.26. The molecule has 0 aliphatic carbocycles. The Labute approximate surface area is 625 Å². The minimum Gasteiger partial charge on any atom is -0.545 e. The number of carboxylic acids is 1. The second-order valence-electron chi connectivity index (χ2n) is 30.1. The highest BCUT2D eigenvalue weighted by Gasteiger charge is 2.22. The second-order valence-corrected chi connectivity index (χ2v) is 30.1. The molecule has 0 spiro atoms. The van der Waals surface area contributed by atoms with E-state index in [4.69, 9.17) is 18.9 Å². The van der Waals surface area contributed by atoms with E-state index < -0.39 is 24.3 Å². The molecule has 0 aromatic carbocycles. The highest BCUT2D eigenvalue weighted by Crippen LogP contribution is 2.20. The highest BCUT2D eigenvalue weighted by molar-refractivity contribution is 5.70. The number of rotatable bonds is 80. The van der Waals surface area contributed by atoms with Crippen molar-refractivity contribution in [2.24, 2.45) is 0 Å². The van der Waals surface area contributed by atoms with Crippen LogP contribution in [0, 0.1) is 0 Å². The second kappa shape index (κ2) is 81.6. The fourth-order valence-electron chi connectivity index (χ4n) is 12.5. The lowest BCUT2D eigenvalue weighted by Crippen LogP contribution is -2.44. The maximum absolute atomic E-state index is 13.0. The van der Waals surface area contributed by atoms with Crippen molar-refractivity contribution >= 4 is 17.9 Å². The van der Waals surface area contributed by atoms with Gasteiger partial charge in [-0.1, -0.05) is 393 Å². The summed E-state index contributed by atoms with van der Waals surface area (Å²) < 4.78 is 22.9. The molecule has 0 aromatic rings. The Bertz CT molecular complexity index is 2040. The number of nitrogens with zero attached hydrogens (tertiary/aromatic N) is 1. The maximum Gasteiger partial charge on any atom is 0.306 e. The fraction of sp³-hybridized carbons (Fsp3) is 0.772. The standard InChI is InChI=1S/C92H163NO8/c1-6-8-10-12-14-16-18-20-22-24-26-28-30-32-34-36-38-40-42-44-45-47-49-51-53-55-57-59-61-63-65-67-69-71-73-75-77-79-81-83-90(95)101-88(87-100-92(91(96)97)98-85-84-93(3,4)5)86-99-89(94)82-80-78-76-74-72-70-68-66-64-62-60-58-56-54-52-50-48-46-43-41-39-37-35-33-31-29-27-25-23-21-19-17-15-13-11-9-7-2/h8,10,14,16,20,22,25-28,32,34,38,40,44-45,49,51,88,92H,6-7,9,11-13,15,17-19,21,23-24,29-31,33,35-37,39,41-43,46-48,50,52-87H2,1-5H3/b10-8-,16-14-,22-20-,27-25-,28-26-,34-32-,40-38-,45-44-,51-49-. The first-order valence-electron chi connectivity index (χ1n) is 43.0. The van der Waals surface area contributed by atoms with Gasteiger partial charge in [-0.15, -0.1) is 0 Å². The van der Waals surface area contributed by atoms with E-state index in [2.05, 4.69) is 123 Å². The number of quaternary nitrogens is 1. The quantitative estimate of drug-likeness (QED) is 0.0195. The molecule has 0 N–H and O–H groups in total. The average Bonchev–Trinajstić information content (AvgIpc) is 1.21. The van der Waals surface area contributed by atoms with Crippen LogP contribution in [0.15, 0.2) is 109 Å². The van der Waals surface area contributed by atoms with Crippen molar-refractivity contribution < 1.29 is 42.9 Å². The Morgan fingerprint density at radius 1 is 0.307 bits per heavy atom. The minimum atomic E-state index is -1.63. The van der Waals surface area contributed by atoms with Crippen molar-refractivity contribution in [1.82, 2.24) is 0 Å². The Hall–Kier alpha value is -4.05. The molecule has 0 aliphatic heterocycles. The van der Waals surface area contributed by atoms with Crippen LogP contribution >= 0.6 is 0 Å². The number of allylic oxidation sites excluding steroid dienone is 18. The van der Waals surface area contributed by atoms with Crippen LogP contribution in [0.3, 0.4) is 0 Å². The number of carbonyl (C=O) groups excluding carboxylic acids is 3. The van der Waals surface area contributed by atoms with Crippen LogP contribution in [0.4, 0.5) is 0 Å². The van der Waals surface area contributed by atoms with E-state index in [0.717, 1.165) is 89.9 Å². The lowest BCUT2D eigenvalue weighted by molar-refractivity contribution is -0.870. The summed E-state index contributed by atoms with van der Waals surface area (Å²) in [6.45, 7) is 4.68. The van der Waals surface area contributed by atoms with E-state index in [9.17, 15) is 19.5 Å². The van der Waals surface area contributed by atoms with Crippen molar-refractivity contribution in [2.45, 2.75) is 411 Å².